The number of methoxy groups -OCH3 is 1. The number of alkyl halides is 1. The van der Waals surface area contributed by atoms with Crippen LogP contribution in [-0.2, 0) is 16.0 Å². The molecule has 8 nitrogen and oxygen atoms in total. The summed E-state index contributed by atoms with van der Waals surface area (Å²) in [4.78, 5) is 32.0. The van der Waals surface area contributed by atoms with Crippen LogP contribution in [0.1, 0.15) is 71.7 Å². The number of H-pyrrole nitrogens is 1. The lowest BCUT2D eigenvalue weighted by Crippen LogP contribution is -2.59. The molecule has 0 saturated heterocycles. The molecule has 3 atom stereocenters. The van der Waals surface area contributed by atoms with E-state index in [1.165, 1.54) is 26.4 Å². The van der Waals surface area contributed by atoms with E-state index in [0.29, 0.717) is 17.7 Å². The summed E-state index contributed by atoms with van der Waals surface area (Å²) in [7, 11) is 1.34. The van der Waals surface area contributed by atoms with Crippen molar-refractivity contribution in [3.63, 3.8) is 0 Å². The number of benzene rings is 2. The maximum Gasteiger partial charge on any atom is 0.323 e. The summed E-state index contributed by atoms with van der Waals surface area (Å²) >= 11 is 6.20. The molecule has 5 aliphatic rings. The van der Waals surface area contributed by atoms with Crippen molar-refractivity contribution in [3.8, 4) is 18.1 Å². The molecule has 0 radical (unpaired) electrons. The van der Waals surface area contributed by atoms with Crippen LogP contribution in [0.5, 0.6) is 5.75 Å². The predicted molar refractivity (Wildman–Crippen MR) is 167 cm³/mol. The number of terminal acetylenes is 1. The van der Waals surface area contributed by atoms with Crippen molar-refractivity contribution in [2.45, 2.75) is 68.8 Å². The van der Waals surface area contributed by atoms with Crippen LogP contribution in [0.2, 0.25) is 0 Å². The van der Waals surface area contributed by atoms with Crippen LogP contribution in [0.4, 0.5) is 0 Å². The first kappa shape index (κ1) is 29.2. The van der Waals surface area contributed by atoms with E-state index >= 15 is 0 Å². The molecule has 1 aromatic heterocycles. The Hall–Kier alpha value is -3.51. The van der Waals surface area contributed by atoms with E-state index in [-0.39, 0.29) is 23.9 Å². The van der Waals surface area contributed by atoms with Gasteiger partial charge in [0, 0.05) is 34.1 Å². The van der Waals surface area contributed by atoms with Gasteiger partial charge in [-0.15, -0.1) is 18.0 Å². The van der Waals surface area contributed by atoms with Gasteiger partial charge in [-0.1, -0.05) is 18.1 Å². The lowest BCUT2D eigenvalue weighted by atomic mass is 9.53. The number of aromatic amines is 1. The quantitative estimate of drug-likeness (QED) is 0.189. The molecule has 44 heavy (non-hydrogen) atoms. The standard InChI is InChI=1S/C35H38ClN3O5/c1-3-10-44-25-8-9-28-26(14-25)27-15-29(34(42)43-2)39(30(40)19-36)32(31(27)37-28)23-4-6-24(7-5-23)33(41)38-35-16-20-11-21(17-35)13-22(12-20)18-35/h1,4-9,14,20-22,29-30,32,37,40H,10-13,15-19H2,2H3,(H,38,41)/t20?,21?,22?,29-,30?,32+,35?/m1/s1. The molecule has 230 valence electrons. The van der Waals surface area contributed by atoms with Crippen LogP contribution in [0.3, 0.4) is 0 Å². The number of halogens is 1. The molecule has 1 amide bonds. The predicted octanol–water partition coefficient (Wildman–Crippen LogP) is 4.92. The van der Waals surface area contributed by atoms with Gasteiger partial charge in [0.1, 0.15) is 24.6 Å². The number of aliphatic hydroxyl groups is 1. The summed E-state index contributed by atoms with van der Waals surface area (Å²) in [6.45, 7) is 0.143. The second-order valence-electron chi connectivity index (χ2n) is 13.2. The van der Waals surface area contributed by atoms with E-state index in [0.717, 1.165) is 64.7 Å². The Kier molecular flexibility index (Phi) is 7.60. The third-order valence-electron chi connectivity index (χ3n) is 10.4. The molecule has 1 unspecified atom stereocenters. The van der Waals surface area contributed by atoms with Crippen molar-refractivity contribution in [2.75, 3.05) is 19.6 Å². The van der Waals surface area contributed by atoms with Gasteiger partial charge in [-0.2, -0.15) is 0 Å². The summed E-state index contributed by atoms with van der Waals surface area (Å²) in [5, 5.41) is 15.5. The second-order valence-corrected chi connectivity index (χ2v) is 13.5. The molecule has 8 rings (SSSR count). The van der Waals surface area contributed by atoms with Crippen LogP contribution < -0.4 is 10.1 Å². The zero-order chi connectivity index (χ0) is 30.6. The van der Waals surface area contributed by atoms with Crippen LogP contribution in [0.15, 0.2) is 42.5 Å². The molecule has 0 spiro atoms. The highest BCUT2D eigenvalue weighted by Gasteiger charge is 2.51. The lowest BCUT2D eigenvalue weighted by molar-refractivity contribution is -0.154. The van der Waals surface area contributed by atoms with E-state index in [9.17, 15) is 14.7 Å². The number of aliphatic hydroxyl groups excluding tert-OH is 1. The third kappa shape index (κ3) is 5.05. The van der Waals surface area contributed by atoms with Gasteiger partial charge in [-0.3, -0.25) is 14.5 Å². The first-order valence-electron chi connectivity index (χ1n) is 15.5. The van der Waals surface area contributed by atoms with Crippen LogP contribution in [0.25, 0.3) is 10.9 Å². The smallest absolute Gasteiger partial charge is 0.323 e. The van der Waals surface area contributed by atoms with E-state index in [1.54, 1.807) is 4.90 Å². The van der Waals surface area contributed by atoms with Gasteiger partial charge >= 0.3 is 5.97 Å². The number of rotatable bonds is 8. The van der Waals surface area contributed by atoms with Crippen molar-refractivity contribution in [2.24, 2.45) is 17.8 Å². The molecule has 2 heterocycles. The van der Waals surface area contributed by atoms with Gasteiger partial charge < -0.3 is 24.9 Å². The second kappa shape index (κ2) is 11.4. The molecule has 3 aromatic rings. The lowest BCUT2D eigenvalue weighted by Gasteiger charge is -2.56. The number of carbonyl (C=O) groups excluding carboxylic acids is 2. The molecule has 9 heteroatoms. The van der Waals surface area contributed by atoms with Crippen molar-refractivity contribution in [1.29, 1.82) is 0 Å². The van der Waals surface area contributed by atoms with E-state index in [1.807, 2.05) is 42.5 Å². The molecular formula is C35H38ClN3O5. The Balaban J connectivity index is 1.24. The fourth-order valence-corrected chi connectivity index (χ4v) is 9.24. The number of fused-ring (bicyclic) bond motifs is 3. The number of ether oxygens (including phenoxy) is 2. The largest absolute Gasteiger partial charge is 0.481 e. The maximum atomic E-state index is 13.6. The van der Waals surface area contributed by atoms with Gasteiger partial charge in [0.25, 0.3) is 5.91 Å². The fraction of sp³-hybridized carbons (Fsp3) is 0.486. The van der Waals surface area contributed by atoms with Gasteiger partial charge in [-0.25, -0.2) is 0 Å². The third-order valence-corrected chi connectivity index (χ3v) is 10.7. The minimum Gasteiger partial charge on any atom is -0.481 e. The average Bonchev–Trinajstić information content (AvgIpc) is 3.38. The Labute approximate surface area is 262 Å². The Morgan fingerprint density at radius 3 is 2.43 bits per heavy atom. The van der Waals surface area contributed by atoms with Gasteiger partial charge in [0.15, 0.2) is 0 Å². The summed E-state index contributed by atoms with van der Waals surface area (Å²) in [5.74, 6) is 4.72. The summed E-state index contributed by atoms with van der Waals surface area (Å²) in [6, 6.07) is 11.8. The molecule has 4 fully saturated rings. The zero-order valence-corrected chi connectivity index (χ0v) is 25.6. The van der Waals surface area contributed by atoms with Crippen LogP contribution in [-0.4, -0.2) is 64.3 Å². The maximum absolute atomic E-state index is 13.6. The number of carbonyl (C=O) groups is 2. The first-order valence-corrected chi connectivity index (χ1v) is 16.1. The van der Waals surface area contributed by atoms with E-state index in [4.69, 9.17) is 27.5 Å². The fourth-order valence-electron chi connectivity index (χ4n) is 9.08. The number of aromatic nitrogens is 1. The first-order chi connectivity index (χ1) is 21.3. The van der Waals surface area contributed by atoms with Crippen molar-refractivity contribution in [3.05, 3.63) is 64.8 Å². The van der Waals surface area contributed by atoms with Crippen molar-refractivity contribution >= 4 is 34.4 Å². The number of amides is 1. The highest BCUT2D eigenvalue weighted by molar-refractivity contribution is 6.18. The van der Waals surface area contributed by atoms with Crippen molar-refractivity contribution < 1.29 is 24.2 Å². The number of esters is 1. The number of hydrogen-bond donors (Lipinski definition) is 3. The number of nitrogens with zero attached hydrogens (tertiary/aromatic N) is 1. The average molecular weight is 616 g/mol. The molecule has 4 bridgehead atoms. The monoisotopic (exact) mass is 615 g/mol. The van der Waals surface area contributed by atoms with Crippen LogP contribution in [0, 0.1) is 30.1 Å². The molecule has 1 aliphatic heterocycles. The minimum absolute atomic E-state index is 0.0435. The topological polar surface area (TPSA) is 104 Å². The normalized spacial score (nSPS) is 29.5. The van der Waals surface area contributed by atoms with E-state index in [2.05, 4.69) is 16.2 Å². The van der Waals surface area contributed by atoms with Gasteiger partial charge in [-0.05, 0) is 97.7 Å². The SMILES string of the molecule is C#CCOc1ccc2[nH]c3c(c2c1)C[C@H](C(=O)OC)N(C(O)CCl)[C@H]3c1ccc(C(=O)NC23CC4CC(CC(C4)C2)C3)cc1. The molecular weight excluding hydrogens is 578 g/mol. The van der Waals surface area contributed by atoms with Gasteiger partial charge in [0.05, 0.1) is 19.0 Å². The van der Waals surface area contributed by atoms with Gasteiger partial charge in [0.2, 0.25) is 0 Å². The Morgan fingerprint density at radius 1 is 1.14 bits per heavy atom. The minimum atomic E-state index is -1.13. The number of nitrogens with one attached hydrogen (secondary N) is 2. The molecule has 2 aromatic carbocycles. The highest BCUT2D eigenvalue weighted by atomic mass is 35.5. The zero-order valence-electron chi connectivity index (χ0n) is 24.9. The van der Waals surface area contributed by atoms with Crippen molar-refractivity contribution in [1.82, 2.24) is 15.2 Å². The molecule has 4 aliphatic carbocycles. The summed E-state index contributed by atoms with van der Waals surface area (Å²) < 4.78 is 10.9. The molecule has 3 N–H and O–H groups in total. The van der Waals surface area contributed by atoms with Crippen LogP contribution >= 0.6 is 11.6 Å². The Morgan fingerprint density at radius 2 is 1.82 bits per heavy atom. The Bertz CT molecular complexity index is 1590. The highest BCUT2D eigenvalue weighted by Crippen LogP contribution is 2.55. The molecule has 4 saturated carbocycles. The van der Waals surface area contributed by atoms with E-state index < -0.39 is 24.3 Å². The summed E-state index contributed by atoms with van der Waals surface area (Å²) in [6.07, 6.45) is 11.8. The summed E-state index contributed by atoms with van der Waals surface area (Å²) in [5.41, 5.74) is 3.96. The number of hydrogen-bond acceptors (Lipinski definition) is 6.